The highest BCUT2D eigenvalue weighted by Gasteiger charge is 2.38. The Morgan fingerprint density at radius 1 is 1.31 bits per heavy atom. The van der Waals surface area contributed by atoms with E-state index in [0.717, 1.165) is 51.1 Å². The molecule has 3 nitrogen and oxygen atoms in total. The number of hydrogen-bond donors (Lipinski definition) is 1. The van der Waals surface area contributed by atoms with Crippen molar-refractivity contribution in [1.82, 2.24) is 4.90 Å². The van der Waals surface area contributed by atoms with E-state index in [1.165, 1.54) is 6.42 Å². The average Bonchev–Trinajstić information content (AvgIpc) is 2.68. The molecule has 1 aliphatic carbocycles. The summed E-state index contributed by atoms with van der Waals surface area (Å²) >= 11 is 0. The van der Waals surface area contributed by atoms with E-state index in [2.05, 4.69) is 11.8 Å². The number of unbranched alkanes of at least 4 members (excludes halogenated alkanes) is 1. The standard InChI is InChI=1S/C13H24N2O/c1-2-3-4-13(16)15-8-10-5-6-12(14)7-11(10)9-15/h10-12H,2-9,14H2,1H3/t10-,11+,12?/m1/s1. The van der Waals surface area contributed by atoms with Crippen LogP contribution in [0.25, 0.3) is 0 Å². The highest BCUT2D eigenvalue weighted by Crippen LogP contribution is 2.35. The largest absolute Gasteiger partial charge is 0.342 e. The number of carbonyl (C=O) groups is 1. The van der Waals surface area contributed by atoms with E-state index >= 15 is 0 Å². The van der Waals surface area contributed by atoms with E-state index in [9.17, 15) is 4.79 Å². The summed E-state index contributed by atoms with van der Waals surface area (Å²) < 4.78 is 0. The number of amides is 1. The van der Waals surface area contributed by atoms with Crippen molar-refractivity contribution in [3.8, 4) is 0 Å². The third-order valence-corrected chi connectivity index (χ3v) is 4.19. The maximum atomic E-state index is 11.9. The van der Waals surface area contributed by atoms with E-state index in [4.69, 9.17) is 5.73 Å². The minimum atomic E-state index is 0.366. The molecule has 2 rings (SSSR count). The van der Waals surface area contributed by atoms with Gasteiger partial charge in [-0.15, -0.1) is 0 Å². The first-order valence-electron chi connectivity index (χ1n) is 6.74. The fraction of sp³-hybridized carbons (Fsp3) is 0.923. The van der Waals surface area contributed by atoms with Crippen molar-refractivity contribution in [2.75, 3.05) is 13.1 Å². The van der Waals surface area contributed by atoms with Crippen molar-refractivity contribution in [3.05, 3.63) is 0 Å². The van der Waals surface area contributed by atoms with Gasteiger partial charge in [0.15, 0.2) is 0 Å². The van der Waals surface area contributed by atoms with Crippen molar-refractivity contribution >= 4 is 5.91 Å². The van der Waals surface area contributed by atoms with Crippen molar-refractivity contribution in [3.63, 3.8) is 0 Å². The Balaban J connectivity index is 1.84. The Bertz CT molecular complexity index is 254. The minimum absolute atomic E-state index is 0.366. The molecule has 3 atom stereocenters. The van der Waals surface area contributed by atoms with Crippen LogP contribution in [-0.4, -0.2) is 29.9 Å². The molecule has 1 saturated heterocycles. The Kier molecular flexibility index (Phi) is 3.85. The SMILES string of the molecule is CCCCC(=O)N1C[C@H]2CCC(N)C[C@H]2C1. The quantitative estimate of drug-likeness (QED) is 0.794. The zero-order valence-corrected chi connectivity index (χ0v) is 10.3. The first kappa shape index (κ1) is 11.9. The van der Waals surface area contributed by atoms with Crippen molar-refractivity contribution < 1.29 is 4.79 Å². The van der Waals surface area contributed by atoms with Gasteiger partial charge in [-0.1, -0.05) is 13.3 Å². The number of nitrogens with zero attached hydrogens (tertiary/aromatic N) is 1. The average molecular weight is 224 g/mol. The molecule has 0 bridgehead atoms. The summed E-state index contributed by atoms with van der Waals surface area (Å²) in [6.45, 7) is 4.11. The van der Waals surface area contributed by atoms with E-state index in [1.807, 2.05) is 0 Å². The lowest BCUT2D eigenvalue weighted by Gasteiger charge is -2.27. The zero-order chi connectivity index (χ0) is 11.5. The van der Waals surface area contributed by atoms with E-state index in [1.54, 1.807) is 0 Å². The van der Waals surface area contributed by atoms with Crippen molar-refractivity contribution in [2.24, 2.45) is 17.6 Å². The second-order valence-electron chi connectivity index (χ2n) is 5.50. The number of likely N-dealkylation sites (tertiary alicyclic amines) is 1. The lowest BCUT2D eigenvalue weighted by Crippen LogP contribution is -2.32. The summed E-state index contributed by atoms with van der Waals surface area (Å²) in [6.07, 6.45) is 6.38. The normalized spacial score (nSPS) is 33.9. The molecule has 0 aromatic rings. The highest BCUT2D eigenvalue weighted by atomic mass is 16.2. The molecule has 1 unspecified atom stereocenters. The van der Waals surface area contributed by atoms with Crippen LogP contribution in [0.15, 0.2) is 0 Å². The monoisotopic (exact) mass is 224 g/mol. The molecule has 1 aliphatic heterocycles. The van der Waals surface area contributed by atoms with Gasteiger partial charge < -0.3 is 10.6 Å². The second-order valence-corrected chi connectivity index (χ2v) is 5.50. The summed E-state index contributed by atoms with van der Waals surface area (Å²) in [7, 11) is 0. The molecular weight excluding hydrogens is 200 g/mol. The summed E-state index contributed by atoms with van der Waals surface area (Å²) in [5.74, 6) is 1.80. The van der Waals surface area contributed by atoms with Crippen LogP contribution in [0, 0.1) is 11.8 Å². The zero-order valence-electron chi connectivity index (χ0n) is 10.3. The summed E-state index contributed by atoms with van der Waals surface area (Å²) in [5, 5.41) is 0. The third-order valence-electron chi connectivity index (χ3n) is 4.19. The molecule has 92 valence electrons. The van der Waals surface area contributed by atoms with Gasteiger partial charge in [0, 0.05) is 25.6 Å². The van der Waals surface area contributed by atoms with Gasteiger partial charge in [0.25, 0.3) is 0 Å². The van der Waals surface area contributed by atoms with E-state index in [-0.39, 0.29) is 0 Å². The molecule has 1 amide bonds. The van der Waals surface area contributed by atoms with Gasteiger partial charge in [-0.25, -0.2) is 0 Å². The molecule has 0 spiro atoms. The smallest absolute Gasteiger partial charge is 0.222 e. The number of fused-ring (bicyclic) bond motifs is 1. The van der Waals surface area contributed by atoms with Gasteiger partial charge in [-0.05, 0) is 37.5 Å². The Morgan fingerprint density at radius 2 is 2.06 bits per heavy atom. The number of hydrogen-bond acceptors (Lipinski definition) is 2. The van der Waals surface area contributed by atoms with Crippen molar-refractivity contribution in [2.45, 2.75) is 51.5 Å². The lowest BCUT2D eigenvalue weighted by atomic mass is 9.79. The van der Waals surface area contributed by atoms with Crippen LogP contribution in [0.3, 0.4) is 0 Å². The summed E-state index contributed by atoms with van der Waals surface area (Å²) in [6, 6.07) is 0.381. The van der Waals surface area contributed by atoms with Crippen LogP contribution in [0.2, 0.25) is 0 Å². The van der Waals surface area contributed by atoms with Gasteiger partial charge in [-0.2, -0.15) is 0 Å². The predicted octanol–water partition coefficient (Wildman–Crippen LogP) is 1.76. The van der Waals surface area contributed by atoms with Gasteiger partial charge >= 0.3 is 0 Å². The van der Waals surface area contributed by atoms with Crippen LogP contribution < -0.4 is 5.73 Å². The van der Waals surface area contributed by atoms with Gasteiger partial charge in [0.2, 0.25) is 5.91 Å². The maximum Gasteiger partial charge on any atom is 0.222 e. The molecule has 0 aromatic heterocycles. The Morgan fingerprint density at radius 3 is 2.81 bits per heavy atom. The first-order chi connectivity index (χ1) is 7.70. The van der Waals surface area contributed by atoms with E-state index < -0.39 is 0 Å². The van der Waals surface area contributed by atoms with Crippen LogP contribution in [-0.2, 0) is 4.79 Å². The maximum absolute atomic E-state index is 11.9. The lowest BCUT2D eigenvalue weighted by molar-refractivity contribution is -0.130. The topological polar surface area (TPSA) is 46.3 Å². The second kappa shape index (κ2) is 5.17. The molecule has 2 aliphatic rings. The molecule has 0 aromatic carbocycles. The number of nitrogens with two attached hydrogens (primary N) is 1. The summed E-state index contributed by atoms with van der Waals surface area (Å²) in [5.41, 5.74) is 5.99. The first-order valence-corrected chi connectivity index (χ1v) is 6.74. The fourth-order valence-corrected chi connectivity index (χ4v) is 3.16. The molecule has 16 heavy (non-hydrogen) atoms. The molecule has 3 heteroatoms. The summed E-state index contributed by atoms with van der Waals surface area (Å²) in [4.78, 5) is 14.0. The molecule has 0 radical (unpaired) electrons. The third kappa shape index (κ3) is 2.57. The Hall–Kier alpha value is -0.570. The molecule has 1 heterocycles. The predicted molar refractivity (Wildman–Crippen MR) is 64.9 cm³/mol. The van der Waals surface area contributed by atoms with Crippen LogP contribution in [0.5, 0.6) is 0 Å². The van der Waals surface area contributed by atoms with Gasteiger partial charge in [0.1, 0.15) is 0 Å². The van der Waals surface area contributed by atoms with Gasteiger partial charge in [-0.3, -0.25) is 4.79 Å². The fourth-order valence-electron chi connectivity index (χ4n) is 3.16. The van der Waals surface area contributed by atoms with E-state index in [0.29, 0.717) is 17.9 Å². The van der Waals surface area contributed by atoms with Crippen LogP contribution >= 0.6 is 0 Å². The number of rotatable bonds is 3. The number of carbonyl (C=O) groups excluding carboxylic acids is 1. The van der Waals surface area contributed by atoms with Crippen LogP contribution in [0.4, 0.5) is 0 Å². The van der Waals surface area contributed by atoms with Crippen LogP contribution in [0.1, 0.15) is 45.4 Å². The minimum Gasteiger partial charge on any atom is -0.342 e. The van der Waals surface area contributed by atoms with Crippen molar-refractivity contribution in [1.29, 1.82) is 0 Å². The Labute approximate surface area is 98.4 Å². The molecule has 2 fully saturated rings. The highest BCUT2D eigenvalue weighted by molar-refractivity contribution is 5.76. The molecule has 1 saturated carbocycles. The molecular formula is C13H24N2O. The molecule has 2 N–H and O–H groups in total. The van der Waals surface area contributed by atoms with Gasteiger partial charge in [0.05, 0.1) is 0 Å².